The number of rotatable bonds is 6. The zero-order valence-electron chi connectivity index (χ0n) is 15.4. The Morgan fingerprint density at radius 2 is 2.07 bits per heavy atom. The molecule has 0 aliphatic carbocycles. The van der Waals surface area contributed by atoms with Gasteiger partial charge in [0.25, 0.3) is 0 Å². The summed E-state index contributed by atoms with van der Waals surface area (Å²) in [5, 5.41) is 9.85. The molecule has 9 heteroatoms. The molecule has 0 saturated carbocycles. The Morgan fingerprint density at radius 1 is 1.25 bits per heavy atom. The minimum Gasteiger partial charge on any atom is -0.352 e. The highest BCUT2D eigenvalue weighted by molar-refractivity contribution is 7.13. The van der Waals surface area contributed by atoms with E-state index in [9.17, 15) is 9.59 Å². The van der Waals surface area contributed by atoms with Crippen LogP contribution in [0.5, 0.6) is 0 Å². The second-order valence-electron chi connectivity index (χ2n) is 5.92. The second kappa shape index (κ2) is 9.95. The molecular formula is C19H21N5O2S2. The summed E-state index contributed by atoms with van der Waals surface area (Å²) in [6.45, 7) is 4.35. The average molecular weight is 416 g/mol. The Balaban J connectivity index is 0.000000236. The summed E-state index contributed by atoms with van der Waals surface area (Å²) in [5.41, 5.74) is 0.913. The van der Waals surface area contributed by atoms with Gasteiger partial charge in [-0.05, 0) is 35.9 Å². The van der Waals surface area contributed by atoms with Gasteiger partial charge in [0.05, 0.1) is 15.4 Å². The molecule has 0 bridgehead atoms. The van der Waals surface area contributed by atoms with Gasteiger partial charge in [-0.1, -0.05) is 12.1 Å². The Morgan fingerprint density at radius 3 is 2.68 bits per heavy atom. The summed E-state index contributed by atoms with van der Waals surface area (Å²) in [7, 11) is 0. The maximum absolute atomic E-state index is 11.4. The zero-order valence-corrected chi connectivity index (χ0v) is 17.1. The molecule has 1 saturated heterocycles. The number of Topliss-reactive ketones (excluding diaryl/α,β-unsaturated/α-hetero) is 1. The number of amides is 2. The number of anilines is 1. The molecule has 0 atom stereocenters. The number of aromatic nitrogens is 2. The molecule has 0 unspecified atom stereocenters. The number of carbonyl (C=O) groups excluding carboxylic acids is 2. The molecule has 1 aliphatic heterocycles. The first-order chi connectivity index (χ1) is 13.6. The fourth-order valence-corrected chi connectivity index (χ4v) is 3.83. The lowest BCUT2D eigenvalue weighted by Crippen LogP contribution is -2.32. The third kappa shape index (κ3) is 5.61. The zero-order chi connectivity index (χ0) is 19.8. The van der Waals surface area contributed by atoms with Crippen LogP contribution in [-0.2, 0) is 0 Å². The van der Waals surface area contributed by atoms with Crippen LogP contribution in [0.25, 0.3) is 10.6 Å². The minimum atomic E-state index is 0.0000506. The van der Waals surface area contributed by atoms with Crippen molar-refractivity contribution in [3.63, 3.8) is 0 Å². The number of nitrogens with zero attached hydrogens (tertiary/aromatic N) is 3. The van der Waals surface area contributed by atoms with Gasteiger partial charge in [0.15, 0.2) is 5.78 Å². The molecule has 28 heavy (non-hydrogen) atoms. The highest BCUT2D eigenvalue weighted by Crippen LogP contribution is 2.22. The van der Waals surface area contributed by atoms with Crippen molar-refractivity contribution in [2.75, 3.05) is 31.5 Å². The van der Waals surface area contributed by atoms with Gasteiger partial charge in [0, 0.05) is 32.4 Å². The van der Waals surface area contributed by atoms with E-state index in [4.69, 9.17) is 0 Å². The first-order valence-corrected chi connectivity index (χ1v) is 10.6. The molecular weight excluding hydrogens is 394 g/mol. The molecule has 1 aliphatic rings. The van der Waals surface area contributed by atoms with Crippen LogP contribution < -0.4 is 10.6 Å². The monoisotopic (exact) mass is 415 g/mol. The molecule has 0 spiro atoms. The number of thiophene rings is 2. The minimum absolute atomic E-state index is 0.0000506. The van der Waals surface area contributed by atoms with Gasteiger partial charge in [0.2, 0.25) is 5.95 Å². The van der Waals surface area contributed by atoms with Crippen molar-refractivity contribution in [3.05, 3.63) is 52.2 Å². The van der Waals surface area contributed by atoms with Crippen LogP contribution in [-0.4, -0.2) is 52.9 Å². The third-order valence-electron chi connectivity index (χ3n) is 3.91. The van der Waals surface area contributed by atoms with Crippen molar-refractivity contribution >= 4 is 40.4 Å². The van der Waals surface area contributed by atoms with Gasteiger partial charge in [-0.2, -0.15) is 0 Å². The highest BCUT2D eigenvalue weighted by atomic mass is 32.1. The molecule has 1 fully saturated rings. The molecule has 0 aromatic carbocycles. The summed E-state index contributed by atoms with van der Waals surface area (Å²) in [5.74, 6) is 0.746. The van der Waals surface area contributed by atoms with Crippen LogP contribution >= 0.6 is 22.7 Å². The van der Waals surface area contributed by atoms with E-state index in [-0.39, 0.29) is 11.8 Å². The lowest BCUT2D eigenvalue weighted by molar-refractivity contribution is 0.102. The summed E-state index contributed by atoms with van der Waals surface area (Å²) < 4.78 is 0. The summed E-state index contributed by atoms with van der Waals surface area (Å²) >= 11 is 3.13. The third-order valence-corrected chi connectivity index (χ3v) is 5.77. The number of ketones is 1. The van der Waals surface area contributed by atoms with Crippen molar-refractivity contribution in [2.45, 2.75) is 6.92 Å². The summed E-state index contributed by atoms with van der Waals surface area (Å²) in [6.07, 6.45) is 1.74. The van der Waals surface area contributed by atoms with E-state index in [1.54, 1.807) is 29.4 Å². The van der Waals surface area contributed by atoms with E-state index in [0.29, 0.717) is 19.0 Å². The van der Waals surface area contributed by atoms with Gasteiger partial charge in [-0.15, -0.1) is 22.7 Å². The van der Waals surface area contributed by atoms with Crippen LogP contribution in [0.1, 0.15) is 16.6 Å². The van der Waals surface area contributed by atoms with Crippen molar-refractivity contribution < 1.29 is 9.59 Å². The fourth-order valence-electron chi connectivity index (χ4n) is 2.51. The molecule has 146 valence electrons. The van der Waals surface area contributed by atoms with Crippen LogP contribution in [0.4, 0.5) is 10.7 Å². The quantitative estimate of drug-likeness (QED) is 0.601. The molecule has 2 amide bonds. The predicted molar refractivity (Wildman–Crippen MR) is 113 cm³/mol. The first kappa shape index (κ1) is 20.0. The normalized spacial score (nSPS) is 12.9. The number of carbonyl (C=O) groups is 2. The van der Waals surface area contributed by atoms with Crippen molar-refractivity contribution in [2.24, 2.45) is 0 Å². The Kier molecular flexibility index (Phi) is 7.10. The van der Waals surface area contributed by atoms with E-state index in [2.05, 4.69) is 20.6 Å². The maximum atomic E-state index is 11.4. The van der Waals surface area contributed by atoms with E-state index in [0.717, 1.165) is 28.5 Å². The first-order valence-electron chi connectivity index (χ1n) is 8.81. The van der Waals surface area contributed by atoms with E-state index >= 15 is 0 Å². The van der Waals surface area contributed by atoms with Crippen LogP contribution in [0, 0.1) is 0 Å². The maximum Gasteiger partial charge on any atom is 0.317 e. The predicted octanol–water partition coefficient (Wildman–Crippen LogP) is 3.59. The largest absolute Gasteiger partial charge is 0.352 e. The van der Waals surface area contributed by atoms with Crippen molar-refractivity contribution in [1.82, 2.24) is 20.2 Å². The Labute approximate surface area is 171 Å². The fraction of sp³-hybridized carbons (Fsp3) is 0.263. The summed E-state index contributed by atoms with van der Waals surface area (Å²) in [6, 6.07) is 9.63. The lowest BCUT2D eigenvalue weighted by atomic mass is 10.3. The molecule has 2 N–H and O–H groups in total. The molecule has 3 aromatic rings. The number of urea groups is 1. The van der Waals surface area contributed by atoms with Gasteiger partial charge in [-0.3, -0.25) is 4.79 Å². The van der Waals surface area contributed by atoms with Crippen LogP contribution in [0.2, 0.25) is 0 Å². The van der Waals surface area contributed by atoms with Gasteiger partial charge in [-0.25, -0.2) is 14.8 Å². The second-order valence-corrected chi connectivity index (χ2v) is 7.82. The summed E-state index contributed by atoms with van der Waals surface area (Å²) in [4.78, 5) is 34.3. The van der Waals surface area contributed by atoms with Gasteiger partial charge < -0.3 is 15.5 Å². The van der Waals surface area contributed by atoms with E-state index in [1.165, 1.54) is 11.3 Å². The van der Waals surface area contributed by atoms with Crippen LogP contribution in [0.15, 0.2) is 47.3 Å². The van der Waals surface area contributed by atoms with Crippen molar-refractivity contribution in [1.29, 1.82) is 0 Å². The van der Waals surface area contributed by atoms with E-state index < -0.39 is 0 Å². The smallest absolute Gasteiger partial charge is 0.317 e. The Hall–Kier alpha value is -2.78. The van der Waals surface area contributed by atoms with Crippen molar-refractivity contribution in [3.8, 4) is 10.6 Å². The molecule has 3 aromatic heterocycles. The highest BCUT2D eigenvalue weighted by Gasteiger charge is 2.18. The molecule has 0 radical (unpaired) electrons. The topological polar surface area (TPSA) is 87.2 Å². The van der Waals surface area contributed by atoms with E-state index in [1.807, 2.05) is 41.1 Å². The molecule has 7 nitrogen and oxygen atoms in total. The number of hydrogen-bond acceptors (Lipinski definition) is 7. The average Bonchev–Trinajstić information content (AvgIpc) is 3.46. The number of hydrogen-bond donors (Lipinski definition) is 2. The number of nitrogens with one attached hydrogen (secondary N) is 2. The molecule has 4 rings (SSSR count). The lowest BCUT2D eigenvalue weighted by Gasteiger charge is -2.14. The Bertz CT molecular complexity index is 897. The van der Waals surface area contributed by atoms with Gasteiger partial charge in [0.1, 0.15) is 0 Å². The molecule has 4 heterocycles. The standard InChI is InChI=1S/C13H15N5OS.C6H6OS/c19-13-16-6-8-18(13)7-5-15-12-14-4-3-10(17-12)11-2-1-9-20-11;1-5(7)6-3-2-4-8-6/h1-4,9H,5-8H2,(H,16,19)(H,14,15,17);2-4H,1H3. The van der Waals surface area contributed by atoms with Gasteiger partial charge >= 0.3 is 6.03 Å². The SMILES string of the molecule is CC(=O)c1cccs1.O=C1NCCN1CCNc1nccc(-c2cccs2)n1. The van der Waals surface area contributed by atoms with Crippen LogP contribution in [0.3, 0.4) is 0 Å².